The molecular formula is C27H27N3O. The van der Waals surface area contributed by atoms with Gasteiger partial charge in [-0.1, -0.05) is 78.4 Å². The van der Waals surface area contributed by atoms with Gasteiger partial charge in [0.05, 0.1) is 17.4 Å². The minimum Gasteiger partial charge on any atom is -0.350 e. The van der Waals surface area contributed by atoms with Crippen LogP contribution in [0.4, 0.5) is 0 Å². The number of hydrogen-bond acceptors (Lipinski definition) is 2. The number of carbonyl (C=O) groups excluding carboxylic acids is 1. The molecule has 0 unspecified atom stereocenters. The predicted molar refractivity (Wildman–Crippen MR) is 125 cm³/mol. The first-order chi connectivity index (χ1) is 15.1. The second-order valence-electron chi connectivity index (χ2n) is 7.85. The standard InChI is InChI=1S/C27H27N3O/c1-20-13-15-23(16-14-20)27-24(19-30(29-27)25-11-7-4-8-12-25)17-18-26(31)28-21(2)22-9-5-3-6-10-22/h3-16,19,21H,17-18H2,1-2H3,(H,28,31)/t21-/m1/s1. The third-order valence-electron chi connectivity index (χ3n) is 5.43. The number of aryl methyl sites for hydroxylation is 2. The number of nitrogens with one attached hydrogen (secondary N) is 1. The van der Waals surface area contributed by atoms with Crippen LogP contribution < -0.4 is 5.32 Å². The number of amides is 1. The third kappa shape index (κ3) is 5.10. The minimum atomic E-state index is -0.0164. The Bertz CT molecular complexity index is 1130. The van der Waals surface area contributed by atoms with Gasteiger partial charge in [0.25, 0.3) is 0 Å². The van der Waals surface area contributed by atoms with Crippen molar-refractivity contribution in [1.82, 2.24) is 15.1 Å². The molecule has 1 heterocycles. The van der Waals surface area contributed by atoms with Gasteiger partial charge in [-0.3, -0.25) is 4.79 Å². The maximum atomic E-state index is 12.6. The van der Waals surface area contributed by atoms with Gasteiger partial charge in [-0.05, 0) is 43.5 Å². The number of carbonyl (C=O) groups is 1. The van der Waals surface area contributed by atoms with Gasteiger partial charge >= 0.3 is 0 Å². The van der Waals surface area contributed by atoms with Crippen molar-refractivity contribution < 1.29 is 4.79 Å². The van der Waals surface area contributed by atoms with E-state index in [0.717, 1.165) is 28.1 Å². The van der Waals surface area contributed by atoms with E-state index in [-0.39, 0.29) is 11.9 Å². The van der Waals surface area contributed by atoms with Gasteiger partial charge in [0, 0.05) is 18.2 Å². The maximum Gasteiger partial charge on any atom is 0.220 e. The molecule has 0 bridgehead atoms. The zero-order valence-corrected chi connectivity index (χ0v) is 18.0. The topological polar surface area (TPSA) is 46.9 Å². The van der Waals surface area contributed by atoms with Crippen LogP contribution in [0.15, 0.2) is 91.1 Å². The highest BCUT2D eigenvalue weighted by molar-refractivity contribution is 5.77. The van der Waals surface area contributed by atoms with Gasteiger partial charge in [0.1, 0.15) is 0 Å². The highest BCUT2D eigenvalue weighted by atomic mass is 16.1. The van der Waals surface area contributed by atoms with E-state index in [1.807, 2.05) is 78.5 Å². The lowest BCUT2D eigenvalue weighted by atomic mass is 10.0. The Labute approximate surface area is 183 Å². The molecule has 3 aromatic carbocycles. The van der Waals surface area contributed by atoms with E-state index >= 15 is 0 Å². The van der Waals surface area contributed by atoms with Gasteiger partial charge in [-0.25, -0.2) is 4.68 Å². The zero-order valence-electron chi connectivity index (χ0n) is 18.0. The Balaban J connectivity index is 1.53. The molecule has 0 aliphatic carbocycles. The Morgan fingerprint density at radius 2 is 1.58 bits per heavy atom. The molecule has 1 N–H and O–H groups in total. The summed E-state index contributed by atoms with van der Waals surface area (Å²) < 4.78 is 1.90. The Morgan fingerprint density at radius 1 is 0.935 bits per heavy atom. The molecule has 0 fully saturated rings. The summed E-state index contributed by atoms with van der Waals surface area (Å²) in [6.45, 7) is 4.09. The first-order valence-electron chi connectivity index (χ1n) is 10.7. The van der Waals surface area contributed by atoms with E-state index in [1.165, 1.54) is 5.56 Å². The lowest BCUT2D eigenvalue weighted by molar-refractivity contribution is -0.121. The fourth-order valence-electron chi connectivity index (χ4n) is 3.65. The SMILES string of the molecule is Cc1ccc(-c2nn(-c3ccccc3)cc2CCC(=O)N[C@H](C)c2ccccc2)cc1. The minimum absolute atomic E-state index is 0.0164. The second kappa shape index (κ2) is 9.43. The molecule has 0 radical (unpaired) electrons. The fraction of sp³-hybridized carbons (Fsp3) is 0.185. The van der Waals surface area contributed by atoms with Crippen LogP contribution >= 0.6 is 0 Å². The molecule has 1 aromatic heterocycles. The van der Waals surface area contributed by atoms with Gasteiger partial charge in [-0.2, -0.15) is 5.10 Å². The lowest BCUT2D eigenvalue weighted by Crippen LogP contribution is -2.26. The van der Waals surface area contributed by atoms with Crippen LogP contribution in [0.2, 0.25) is 0 Å². The second-order valence-corrected chi connectivity index (χ2v) is 7.85. The summed E-state index contributed by atoms with van der Waals surface area (Å²) >= 11 is 0. The third-order valence-corrected chi connectivity index (χ3v) is 5.43. The van der Waals surface area contributed by atoms with Crippen molar-refractivity contribution >= 4 is 5.91 Å². The van der Waals surface area contributed by atoms with E-state index in [4.69, 9.17) is 5.10 Å². The molecule has 0 aliphatic rings. The summed E-state index contributed by atoms with van der Waals surface area (Å²) in [5.74, 6) is 0.0404. The summed E-state index contributed by atoms with van der Waals surface area (Å²) in [6.07, 6.45) is 3.08. The molecule has 4 nitrogen and oxygen atoms in total. The first-order valence-corrected chi connectivity index (χ1v) is 10.7. The first kappa shape index (κ1) is 20.6. The van der Waals surface area contributed by atoms with Crippen molar-refractivity contribution in [3.63, 3.8) is 0 Å². The molecule has 0 saturated heterocycles. The molecule has 0 saturated carbocycles. The molecule has 4 rings (SSSR count). The van der Waals surface area contributed by atoms with E-state index in [0.29, 0.717) is 12.8 Å². The van der Waals surface area contributed by atoms with E-state index in [9.17, 15) is 4.79 Å². The van der Waals surface area contributed by atoms with E-state index in [2.05, 4.69) is 36.5 Å². The van der Waals surface area contributed by atoms with Crippen molar-refractivity contribution in [3.05, 3.63) is 108 Å². The van der Waals surface area contributed by atoms with Crippen molar-refractivity contribution in [2.24, 2.45) is 0 Å². The fourth-order valence-corrected chi connectivity index (χ4v) is 3.65. The lowest BCUT2D eigenvalue weighted by Gasteiger charge is -2.14. The van der Waals surface area contributed by atoms with Crippen LogP contribution in [0.1, 0.15) is 36.1 Å². The maximum absolute atomic E-state index is 12.6. The Morgan fingerprint density at radius 3 is 2.26 bits per heavy atom. The molecule has 4 heteroatoms. The molecule has 1 amide bonds. The predicted octanol–water partition coefficient (Wildman–Crippen LogP) is 5.66. The highest BCUT2D eigenvalue weighted by Crippen LogP contribution is 2.25. The van der Waals surface area contributed by atoms with E-state index in [1.54, 1.807) is 0 Å². The van der Waals surface area contributed by atoms with Gasteiger partial charge in [-0.15, -0.1) is 0 Å². The molecule has 156 valence electrons. The average Bonchev–Trinajstić information content (AvgIpc) is 3.24. The average molecular weight is 410 g/mol. The smallest absolute Gasteiger partial charge is 0.220 e. The quantitative estimate of drug-likeness (QED) is 0.428. The molecular weight excluding hydrogens is 382 g/mol. The summed E-state index contributed by atoms with van der Waals surface area (Å²) in [5.41, 5.74) is 6.37. The van der Waals surface area contributed by atoms with Crippen LogP contribution in [0.5, 0.6) is 0 Å². The number of hydrogen-bond donors (Lipinski definition) is 1. The van der Waals surface area contributed by atoms with Crippen LogP contribution in [0.25, 0.3) is 16.9 Å². The van der Waals surface area contributed by atoms with Crippen molar-refractivity contribution in [1.29, 1.82) is 0 Å². The van der Waals surface area contributed by atoms with E-state index < -0.39 is 0 Å². The van der Waals surface area contributed by atoms with Crippen molar-refractivity contribution in [2.75, 3.05) is 0 Å². The van der Waals surface area contributed by atoms with Crippen LogP contribution in [0, 0.1) is 6.92 Å². The summed E-state index contributed by atoms with van der Waals surface area (Å²) in [7, 11) is 0. The molecule has 0 spiro atoms. The van der Waals surface area contributed by atoms with Gasteiger partial charge in [0.15, 0.2) is 0 Å². The number of nitrogens with zero attached hydrogens (tertiary/aromatic N) is 2. The number of para-hydroxylation sites is 1. The van der Waals surface area contributed by atoms with Gasteiger partial charge < -0.3 is 5.32 Å². The Kier molecular flexibility index (Phi) is 6.27. The summed E-state index contributed by atoms with van der Waals surface area (Å²) in [5, 5.41) is 7.96. The molecule has 4 aromatic rings. The monoisotopic (exact) mass is 409 g/mol. The summed E-state index contributed by atoms with van der Waals surface area (Å²) in [6, 6.07) is 28.4. The normalized spacial score (nSPS) is 11.8. The molecule has 31 heavy (non-hydrogen) atoms. The largest absolute Gasteiger partial charge is 0.350 e. The molecule has 1 atom stereocenters. The van der Waals surface area contributed by atoms with Crippen LogP contribution in [-0.2, 0) is 11.2 Å². The summed E-state index contributed by atoms with van der Waals surface area (Å²) in [4.78, 5) is 12.6. The van der Waals surface area contributed by atoms with Gasteiger partial charge in [0.2, 0.25) is 5.91 Å². The highest BCUT2D eigenvalue weighted by Gasteiger charge is 2.15. The molecule has 0 aliphatic heterocycles. The number of benzene rings is 3. The van der Waals surface area contributed by atoms with Crippen LogP contribution in [0.3, 0.4) is 0 Å². The Hall–Kier alpha value is -3.66. The number of aromatic nitrogens is 2. The van der Waals surface area contributed by atoms with Crippen LogP contribution in [-0.4, -0.2) is 15.7 Å². The van der Waals surface area contributed by atoms with Crippen molar-refractivity contribution in [2.45, 2.75) is 32.7 Å². The number of rotatable bonds is 7. The van der Waals surface area contributed by atoms with Crippen molar-refractivity contribution in [3.8, 4) is 16.9 Å². The zero-order chi connectivity index (χ0) is 21.6.